The number of nitrogens with zero attached hydrogens (tertiary/aromatic N) is 2. The zero-order valence-electron chi connectivity index (χ0n) is 17.5. The molecule has 0 bridgehead atoms. The van der Waals surface area contributed by atoms with Crippen LogP contribution in [-0.2, 0) is 9.63 Å². The van der Waals surface area contributed by atoms with Crippen LogP contribution in [0.3, 0.4) is 0 Å². The molecule has 0 atom stereocenters. The van der Waals surface area contributed by atoms with Crippen molar-refractivity contribution >= 4 is 44.7 Å². The second-order valence-electron chi connectivity index (χ2n) is 7.63. The molecule has 5 aromatic rings. The Morgan fingerprint density at radius 3 is 2.31 bits per heavy atom. The number of benzene rings is 3. The van der Waals surface area contributed by atoms with Gasteiger partial charge in [-0.25, -0.2) is 4.79 Å². The van der Waals surface area contributed by atoms with E-state index in [-0.39, 0.29) is 11.1 Å². The SMILES string of the molecule is CC(=O)O/N=C(/C(=O)c1cn2c3ccccc3c(=O)c3cccc1c32)c1ccccc1C. The number of hydrogen-bond donors (Lipinski definition) is 0. The molecule has 0 aliphatic heterocycles. The lowest BCUT2D eigenvalue weighted by Crippen LogP contribution is -2.18. The van der Waals surface area contributed by atoms with Gasteiger partial charge in [-0.15, -0.1) is 0 Å². The van der Waals surface area contributed by atoms with Crippen molar-refractivity contribution in [1.82, 2.24) is 4.40 Å². The molecular formula is C26H18N2O4. The summed E-state index contributed by atoms with van der Waals surface area (Å²) in [6.07, 6.45) is 1.73. The van der Waals surface area contributed by atoms with Gasteiger partial charge in [0.05, 0.1) is 16.6 Å². The Bertz CT molecular complexity index is 1630. The number of aryl methyl sites for hydroxylation is 1. The van der Waals surface area contributed by atoms with Crippen LogP contribution in [0.4, 0.5) is 0 Å². The normalized spacial score (nSPS) is 12.0. The number of carbonyl (C=O) groups is 2. The van der Waals surface area contributed by atoms with E-state index in [9.17, 15) is 14.4 Å². The first kappa shape index (κ1) is 19.6. The molecule has 5 rings (SSSR count). The molecule has 6 nitrogen and oxygen atoms in total. The molecule has 0 N–H and O–H groups in total. The molecule has 0 unspecified atom stereocenters. The van der Waals surface area contributed by atoms with Crippen molar-refractivity contribution in [2.24, 2.45) is 5.16 Å². The number of para-hydroxylation sites is 2. The topological polar surface area (TPSA) is 77.2 Å². The number of fused-ring (bicyclic) bond motifs is 2. The molecule has 156 valence electrons. The number of Topliss-reactive ketones (excluding diaryl/α,β-unsaturated/α-hetero) is 1. The third-order valence-electron chi connectivity index (χ3n) is 5.60. The molecule has 0 saturated carbocycles. The van der Waals surface area contributed by atoms with Gasteiger partial charge in [-0.2, -0.15) is 0 Å². The highest BCUT2D eigenvalue weighted by Crippen LogP contribution is 2.29. The largest absolute Gasteiger partial charge is 0.332 e. The van der Waals surface area contributed by atoms with Crippen molar-refractivity contribution in [1.29, 1.82) is 0 Å². The van der Waals surface area contributed by atoms with Gasteiger partial charge in [-0.05, 0) is 30.7 Å². The lowest BCUT2D eigenvalue weighted by Gasteiger charge is -2.08. The fraction of sp³-hybridized carbons (Fsp3) is 0.0769. The zero-order chi connectivity index (χ0) is 22.4. The van der Waals surface area contributed by atoms with Crippen LogP contribution in [0, 0.1) is 6.92 Å². The van der Waals surface area contributed by atoms with Crippen molar-refractivity contribution in [3.05, 3.63) is 99.8 Å². The third-order valence-corrected chi connectivity index (χ3v) is 5.60. The molecule has 2 aromatic heterocycles. The summed E-state index contributed by atoms with van der Waals surface area (Å²) in [5.41, 5.74) is 3.11. The van der Waals surface area contributed by atoms with Gasteiger partial charge in [-0.3, -0.25) is 9.59 Å². The third kappa shape index (κ3) is 2.96. The Hall–Kier alpha value is -4.32. The van der Waals surface area contributed by atoms with Crippen molar-refractivity contribution in [3.63, 3.8) is 0 Å². The standard InChI is InChI=1S/C26H18N2O4/c1-15-8-3-4-9-17(15)23(27-32-16(2)29)26(31)21-14-28-22-13-6-5-10-19(22)25(30)20-12-7-11-18(21)24(20)28/h3-14H,1-2H3/b27-23+. The summed E-state index contributed by atoms with van der Waals surface area (Å²) < 4.78 is 1.87. The highest BCUT2D eigenvalue weighted by atomic mass is 16.7. The number of ketones is 1. The maximum Gasteiger partial charge on any atom is 0.332 e. The molecule has 0 amide bonds. The molecule has 32 heavy (non-hydrogen) atoms. The monoisotopic (exact) mass is 422 g/mol. The second-order valence-corrected chi connectivity index (χ2v) is 7.63. The lowest BCUT2D eigenvalue weighted by atomic mass is 9.97. The molecule has 2 heterocycles. The summed E-state index contributed by atoms with van der Waals surface area (Å²) in [5.74, 6) is -1.01. The van der Waals surface area contributed by atoms with Gasteiger partial charge >= 0.3 is 5.97 Å². The highest BCUT2D eigenvalue weighted by molar-refractivity contribution is 6.53. The number of hydrogen-bond acceptors (Lipinski definition) is 5. The van der Waals surface area contributed by atoms with Gasteiger partial charge in [-0.1, -0.05) is 53.7 Å². The van der Waals surface area contributed by atoms with Gasteiger partial charge in [0.25, 0.3) is 0 Å². The number of aromatic nitrogens is 1. The van der Waals surface area contributed by atoms with E-state index in [1.165, 1.54) is 6.92 Å². The number of rotatable bonds is 4. The zero-order valence-corrected chi connectivity index (χ0v) is 17.5. The smallest absolute Gasteiger partial charge is 0.318 e. The molecule has 6 heteroatoms. The van der Waals surface area contributed by atoms with Gasteiger partial charge in [0.15, 0.2) is 11.1 Å². The van der Waals surface area contributed by atoms with E-state index in [0.29, 0.717) is 32.8 Å². The van der Waals surface area contributed by atoms with E-state index in [4.69, 9.17) is 4.84 Å². The summed E-state index contributed by atoms with van der Waals surface area (Å²) in [4.78, 5) is 43.1. The van der Waals surface area contributed by atoms with Crippen LogP contribution in [0.1, 0.15) is 28.4 Å². The number of pyridine rings is 1. The van der Waals surface area contributed by atoms with Crippen molar-refractivity contribution in [2.45, 2.75) is 13.8 Å². The van der Waals surface area contributed by atoms with Gasteiger partial charge in [0.2, 0.25) is 5.78 Å². The predicted molar refractivity (Wildman–Crippen MR) is 124 cm³/mol. The van der Waals surface area contributed by atoms with Crippen LogP contribution >= 0.6 is 0 Å². The van der Waals surface area contributed by atoms with Crippen LogP contribution in [-0.4, -0.2) is 21.9 Å². The molecule has 0 spiro atoms. The van der Waals surface area contributed by atoms with Crippen LogP contribution in [0.2, 0.25) is 0 Å². The fourth-order valence-electron chi connectivity index (χ4n) is 4.15. The Morgan fingerprint density at radius 1 is 0.844 bits per heavy atom. The highest BCUT2D eigenvalue weighted by Gasteiger charge is 2.25. The van der Waals surface area contributed by atoms with Crippen LogP contribution in [0.25, 0.3) is 27.2 Å². The predicted octanol–water partition coefficient (Wildman–Crippen LogP) is 4.50. The minimum atomic E-state index is -0.619. The minimum Gasteiger partial charge on any atom is -0.318 e. The maximum absolute atomic E-state index is 13.8. The van der Waals surface area contributed by atoms with Crippen LogP contribution < -0.4 is 5.43 Å². The molecular weight excluding hydrogens is 404 g/mol. The molecule has 0 radical (unpaired) electrons. The molecule has 0 saturated heterocycles. The first-order valence-corrected chi connectivity index (χ1v) is 10.1. The van der Waals surface area contributed by atoms with E-state index in [0.717, 1.165) is 11.1 Å². The minimum absolute atomic E-state index is 0.0293. The maximum atomic E-state index is 13.8. The number of carbonyl (C=O) groups excluding carboxylic acids is 2. The Balaban J connectivity index is 1.81. The van der Waals surface area contributed by atoms with Crippen molar-refractivity contribution < 1.29 is 14.4 Å². The van der Waals surface area contributed by atoms with Gasteiger partial charge in [0.1, 0.15) is 0 Å². The van der Waals surface area contributed by atoms with E-state index in [1.807, 2.05) is 47.7 Å². The summed E-state index contributed by atoms with van der Waals surface area (Å²) in [7, 11) is 0. The van der Waals surface area contributed by atoms with Crippen molar-refractivity contribution in [2.75, 3.05) is 0 Å². The fourth-order valence-corrected chi connectivity index (χ4v) is 4.15. The summed E-state index contributed by atoms with van der Waals surface area (Å²) in [6, 6.07) is 19.9. The Morgan fingerprint density at radius 2 is 1.53 bits per heavy atom. The van der Waals surface area contributed by atoms with Crippen LogP contribution in [0.15, 0.2) is 82.9 Å². The van der Waals surface area contributed by atoms with E-state index in [1.54, 1.807) is 36.5 Å². The summed E-state index contributed by atoms with van der Waals surface area (Å²) in [6.45, 7) is 3.09. The lowest BCUT2D eigenvalue weighted by molar-refractivity contribution is -0.140. The van der Waals surface area contributed by atoms with Gasteiger partial charge < -0.3 is 9.24 Å². The second kappa shape index (κ2) is 7.42. The summed E-state index contributed by atoms with van der Waals surface area (Å²) in [5, 5.41) is 5.66. The van der Waals surface area contributed by atoms with E-state index in [2.05, 4.69) is 5.16 Å². The Labute approximate surface area is 182 Å². The molecule has 0 aliphatic carbocycles. The quantitative estimate of drug-likeness (QED) is 0.140. The van der Waals surface area contributed by atoms with Gasteiger partial charge in [0, 0.05) is 34.8 Å². The van der Waals surface area contributed by atoms with Crippen LogP contribution in [0.5, 0.6) is 0 Å². The molecule has 3 aromatic carbocycles. The van der Waals surface area contributed by atoms with Crippen molar-refractivity contribution in [3.8, 4) is 0 Å². The Kier molecular flexibility index (Phi) is 4.56. The van der Waals surface area contributed by atoms with E-state index >= 15 is 0 Å². The average Bonchev–Trinajstić information content (AvgIpc) is 3.19. The molecule has 0 aliphatic rings. The molecule has 0 fully saturated rings. The summed E-state index contributed by atoms with van der Waals surface area (Å²) >= 11 is 0. The first-order valence-electron chi connectivity index (χ1n) is 10.1. The number of oxime groups is 1. The van der Waals surface area contributed by atoms with E-state index < -0.39 is 11.8 Å². The first-order chi connectivity index (χ1) is 15.5. The average molecular weight is 422 g/mol.